The number of hydrogen-bond donors (Lipinski definition) is 3. The molecule has 4 rings (SSSR count). The highest BCUT2D eigenvalue weighted by molar-refractivity contribution is 6.06. The van der Waals surface area contributed by atoms with Gasteiger partial charge in [-0.15, -0.1) is 0 Å². The van der Waals surface area contributed by atoms with Crippen LogP contribution in [0.25, 0.3) is 11.0 Å². The summed E-state index contributed by atoms with van der Waals surface area (Å²) in [4.78, 5) is 17.4. The number of carbonyl (C=O) groups is 1. The minimum atomic E-state index is -0.179. The second kappa shape index (κ2) is 8.93. The Balaban J connectivity index is 1.51. The maximum atomic E-state index is 13.1. The number of nitrogens with zero attached hydrogens (tertiary/aromatic N) is 3. The largest absolute Gasteiger partial charge is 0.381 e. The Morgan fingerprint density at radius 3 is 2.80 bits per heavy atom. The lowest BCUT2D eigenvalue weighted by Crippen LogP contribution is -2.35. The fourth-order valence-corrected chi connectivity index (χ4v) is 3.69. The van der Waals surface area contributed by atoms with E-state index >= 15 is 0 Å². The highest BCUT2D eigenvalue weighted by Gasteiger charge is 2.22. The van der Waals surface area contributed by atoms with Crippen LogP contribution in [0, 0.1) is 11.3 Å². The lowest BCUT2D eigenvalue weighted by molar-refractivity contribution is 0.0903. The van der Waals surface area contributed by atoms with E-state index in [2.05, 4.69) is 31.9 Å². The van der Waals surface area contributed by atoms with E-state index in [0.717, 1.165) is 29.5 Å². The molecule has 1 aliphatic rings. The first-order valence-corrected chi connectivity index (χ1v) is 10.1. The number of pyridine rings is 1. The topological polar surface area (TPSA) is 116 Å². The standard InChI is InChI=1S/C22H24N6O2/c1-14(10-15-2-4-16(11-23)5-3-15)26-22(29)19-12-24-21-18(13-25-28-21)20(19)27-17-6-8-30-9-7-17/h2-5,12-14,17H,6-10H2,1H3,(H,26,29)(H2,24,25,27,28). The van der Waals surface area contributed by atoms with Gasteiger partial charge in [0.2, 0.25) is 0 Å². The van der Waals surface area contributed by atoms with E-state index in [1.165, 1.54) is 0 Å². The number of hydrogen-bond acceptors (Lipinski definition) is 6. The number of amides is 1. The van der Waals surface area contributed by atoms with Gasteiger partial charge in [-0.2, -0.15) is 10.4 Å². The summed E-state index contributed by atoms with van der Waals surface area (Å²) in [6.45, 7) is 3.38. The van der Waals surface area contributed by atoms with Crippen LogP contribution >= 0.6 is 0 Å². The van der Waals surface area contributed by atoms with Crippen molar-refractivity contribution in [1.82, 2.24) is 20.5 Å². The number of anilines is 1. The van der Waals surface area contributed by atoms with Crippen molar-refractivity contribution in [2.45, 2.75) is 38.3 Å². The van der Waals surface area contributed by atoms with Crippen LogP contribution in [0.4, 0.5) is 5.69 Å². The number of aromatic amines is 1. The van der Waals surface area contributed by atoms with Crippen molar-refractivity contribution in [2.24, 2.45) is 0 Å². The Morgan fingerprint density at radius 1 is 1.30 bits per heavy atom. The summed E-state index contributed by atoms with van der Waals surface area (Å²) >= 11 is 0. The SMILES string of the molecule is CC(Cc1ccc(C#N)cc1)NC(=O)c1cnc2[nH]ncc2c1NC1CCOCC1. The molecule has 30 heavy (non-hydrogen) atoms. The van der Waals surface area contributed by atoms with Crippen molar-refractivity contribution in [3.8, 4) is 6.07 Å². The summed E-state index contributed by atoms with van der Waals surface area (Å²) < 4.78 is 5.44. The molecule has 1 atom stereocenters. The van der Waals surface area contributed by atoms with Gasteiger partial charge in [-0.3, -0.25) is 9.89 Å². The average molecular weight is 404 g/mol. The third kappa shape index (κ3) is 4.42. The Labute approximate surface area is 174 Å². The van der Waals surface area contributed by atoms with Crippen LogP contribution < -0.4 is 10.6 Å². The first-order valence-electron chi connectivity index (χ1n) is 10.1. The van der Waals surface area contributed by atoms with Crippen LogP contribution in [0.1, 0.15) is 41.3 Å². The molecule has 0 radical (unpaired) electrons. The summed E-state index contributed by atoms with van der Waals surface area (Å²) in [5.74, 6) is -0.179. The molecule has 0 aliphatic carbocycles. The van der Waals surface area contributed by atoms with Crippen LogP contribution in [0.5, 0.6) is 0 Å². The molecule has 2 aromatic heterocycles. The van der Waals surface area contributed by atoms with Crippen molar-refractivity contribution in [1.29, 1.82) is 5.26 Å². The molecule has 1 aromatic carbocycles. The lowest BCUT2D eigenvalue weighted by atomic mass is 10.0. The third-order valence-electron chi connectivity index (χ3n) is 5.30. The van der Waals surface area contributed by atoms with Crippen molar-refractivity contribution in [2.75, 3.05) is 18.5 Å². The number of carbonyl (C=O) groups excluding carboxylic acids is 1. The van der Waals surface area contributed by atoms with Gasteiger partial charge in [-0.25, -0.2) is 4.98 Å². The average Bonchev–Trinajstić information content (AvgIpc) is 3.24. The Kier molecular flexibility index (Phi) is 5.91. The molecule has 1 fully saturated rings. The van der Waals surface area contributed by atoms with E-state index in [4.69, 9.17) is 10.00 Å². The fourth-order valence-electron chi connectivity index (χ4n) is 3.69. The monoisotopic (exact) mass is 404 g/mol. The van der Waals surface area contributed by atoms with Crippen molar-refractivity contribution < 1.29 is 9.53 Å². The number of nitrogens with one attached hydrogen (secondary N) is 3. The number of H-pyrrole nitrogens is 1. The van der Waals surface area contributed by atoms with E-state index in [-0.39, 0.29) is 18.0 Å². The quantitative estimate of drug-likeness (QED) is 0.582. The van der Waals surface area contributed by atoms with E-state index in [0.29, 0.717) is 36.4 Å². The van der Waals surface area contributed by atoms with Gasteiger partial charge < -0.3 is 15.4 Å². The van der Waals surface area contributed by atoms with Crippen molar-refractivity contribution >= 4 is 22.6 Å². The van der Waals surface area contributed by atoms with Gasteiger partial charge in [0.1, 0.15) is 0 Å². The van der Waals surface area contributed by atoms with E-state index < -0.39 is 0 Å². The molecule has 0 saturated carbocycles. The third-order valence-corrected chi connectivity index (χ3v) is 5.30. The lowest BCUT2D eigenvalue weighted by Gasteiger charge is -2.25. The second-order valence-electron chi connectivity index (χ2n) is 7.60. The predicted molar refractivity (Wildman–Crippen MR) is 113 cm³/mol. The van der Waals surface area contributed by atoms with Gasteiger partial charge in [-0.1, -0.05) is 12.1 Å². The zero-order chi connectivity index (χ0) is 20.9. The van der Waals surface area contributed by atoms with Crippen LogP contribution in [0.3, 0.4) is 0 Å². The highest BCUT2D eigenvalue weighted by Crippen LogP contribution is 2.27. The molecule has 8 nitrogen and oxygen atoms in total. The van der Waals surface area contributed by atoms with Crippen molar-refractivity contribution in [3.63, 3.8) is 0 Å². The minimum Gasteiger partial charge on any atom is -0.381 e. The summed E-state index contributed by atoms with van der Waals surface area (Å²) in [5.41, 5.74) is 3.59. The van der Waals surface area contributed by atoms with Gasteiger partial charge >= 0.3 is 0 Å². The van der Waals surface area contributed by atoms with Crippen molar-refractivity contribution in [3.05, 3.63) is 53.3 Å². The molecule has 0 spiro atoms. The molecule has 1 saturated heterocycles. The van der Waals surface area contributed by atoms with Gasteiger partial charge in [0, 0.05) is 31.5 Å². The number of benzene rings is 1. The van der Waals surface area contributed by atoms with Gasteiger partial charge in [0.05, 0.1) is 34.5 Å². The minimum absolute atomic E-state index is 0.0820. The Morgan fingerprint density at radius 2 is 2.07 bits per heavy atom. The van der Waals surface area contributed by atoms with E-state index in [1.807, 2.05) is 19.1 Å². The summed E-state index contributed by atoms with van der Waals surface area (Å²) in [5, 5.41) is 23.3. The number of ether oxygens (including phenoxy) is 1. The molecular weight excluding hydrogens is 380 g/mol. The number of nitriles is 1. The molecule has 1 amide bonds. The zero-order valence-electron chi connectivity index (χ0n) is 16.8. The molecule has 8 heteroatoms. The van der Waals surface area contributed by atoms with Crippen LogP contribution in [0.15, 0.2) is 36.7 Å². The maximum absolute atomic E-state index is 13.1. The van der Waals surface area contributed by atoms with Crippen LogP contribution in [0.2, 0.25) is 0 Å². The number of fused-ring (bicyclic) bond motifs is 1. The second-order valence-corrected chi connectivity index (χ2v) is 7.60. The normalized spacial score (nSPS) is 15.5. The van der Waals surface area contributed by atoms with Gasteiger partial charge in [-0.05, 0) is 43.9 Å². The predicted octanol–water partition coefficient (Wildman–Crippen LogP) is 2.78. The molecule has 0 bridgehead atoms. The molecule has 3 N–H and O–H groups in total. The van der Waals surface area contributed by atoms with E-state index in [1.54, 1.807) is 24.5 Å². The summed E-state index contributed by atoms with van der Waals surface area (Å²) in [7, 11) is 0. The van der Waals surface area contributed by atoms with Crippen LogP contribution in [-0.2, 0) is 11.2 Å². The smallest absolute Gasteiger partial charge is 0.255 e. The Hall–Kier alpha value is -3.44. The van der Waals surface area contributed by atoms with Crippen LogP contribution in [-0.4, -0.2) is 46.4 Å². The summed E-state index contributed by atoms with van der Waals surface area (Å²) in [6.07, 6.45) is 5.73. The maximum Gasteiger partial charge on any atom is 0.255 e. The molecule has 1 unspecified atom stereocenters. The molecule has 3 aromatic rings. The highest BCUT2D eigenvalue weighted by atomic mass is 16.5. The molecule has 3 heterocycles. The first-order chi connectivity index (χ1) is 14.6. The fraction of sp³-hybridized carbons (Fsp3) is 0.364. The zero-order valence-corrected chi connectivity index (χ0v) is 16.8. The molecular formula is C22H24N6O2. The van der Waals surface area contributed by atoms with E-state index in [9.17, 15) is 4.79 Å². The first kappa shape index (κ1) is 19.9. The Bertz CT molecular complexity index is 1060. The molecule has 1 aliphatic heterocycles. The summed E-state index contributed by atoms with van der Waals surface area (Å²) in [6, 6.07) is 9.68. The number of rotatable bonds is 6. The molecule has 154 valence electrons. The van der Waals surface area contributed by atoms with Gasteiger partial charge in [0.15, 0.2) is 5.65 Å². The number of aromatic nitrogens is 3. The van der Waals surface area contributed by atoms with Gasteiger partial charge in [0.25, 0.3) is 5.91 Å².